The molecule has 7 nitrogen and oxygen atoms in total. The molecule has 7 heteroatoms. The standard InChI is InChI=1S/C24H18N2O5/c1-2-31-24(30)16-8-5-9-17(13-16)25-21(27)15-7-6-10-18(14-15)26-22(28)19-11-3-4-12-20(19)23(26)29/h3-14H,2H2,1H3,(H,25,27). The topological polar surface area (TPSA) is 92.8 Å². The average molecular weight is 414 g/mol. The highest BCUT2D eigenvalue weighted by Gasteiger charge is 2.36. The summed E-state index contributed by atoms with van der Waals surface area (Å²) in [6, 6.07) is 19.2. The fraction of sp³-hybridized carbons (Fsp3) is 0.0833. The summed E-state index contributed by atoms with van der Waals surface area (Å²) < 4.78 is 4.97. The van der Waals surface area contributed by atoms with Crippen molar-refractivity contribution in [2.24, 2.45) is 0 Å². The van der Waals surface area contributed by atoms with E-state index < -0.39 is 23.7 Å². The molecule has 3 aromatic rings. The number of fused-ring (bicyclic) bond motifs is 1. The van der Waals surface area contributed by atoms with E-state index in [1.54, 1.807) is 67.6 Å². The van der Waals surface area contributed by atoms with Crippen molar-refractivity contribution in [1.82, 2.24) is 0 Å². The number of esters is 1. The molecule has 1 aliphatic heterocycles. The number of ether oxygens (including phenoxy) is 1. The number of amides is 3. The zero-order valence-electron chi connectivity index (χ0n) is 16.6. The third-order valence-electron chi connectivity index (χ3n) is 4.79. The molecule has 0 aliphatic carbocycles. The molecule has 1 N–H and O–H groups in total. The highest BCUT2D eigenvalue weighted by atomic mass is 16.5. The largest absolute Gasteiger partial charge is 0.462 e. The predicted octanol–water partition coefficient (Wildman–Crippen LogP) is 3.92. The van der Waals surface area contributed by atoms with Crippen molar-refractivity contribution in [1.29, 1.82) is 0 Å². The zero-order chi connectivity index (χ0) is 22.0. The Balaban J connectivity index is 1.56. The molecule has 0 bridgehead atoms. The van der Waals surface area contributed by atoms with E-state index in [1.807, 2.05) is 0 Å². The van der Waals surface area contributed by atoms with E-state index >= 15 is 0 Å². The summed E-state index contributed by atoms with van der Waals surface area (Å²) in [6.07, 6.45) is 0. The summed E-state index contributed by atoms with van der Waals surface area (Å²) in [5.41, 5.74) is 1.96. The lowest BCUT2D eigenvalue weighted by Gasteiger charge is -2.15. The molecule has 1 heterocycles. The number of anilines is 2. The summed E-state index contributed by atoms with van der Waals surface area (Å²) >= 11 is 0. The van der Waals surface area contributed by atoms with Crippen LogP contribution in [-0.4, -0.2) is 30.3 Å². The molecule has 0 radical (unpaired) electrons. The van der Waals surface area contributed by atoms with Crippen molar-refractivity contribution in [3.8, 4) is 0 Å². The van der Waals surface area contributed by atoms with Crippen molar-refractivity contribution in [3.05, 3.63) is 95.1 Å². The van der Waals surface area contributed by atoms with Gasteiger partial charge in [0.1, 0.15) is 0 Å². The van der Waals surface area contributed by atoms with Gasteiger partial charge < -0.3 is 10.1 Å². The summed E-state index contributed by atoms with van der Waals surface area (Å²) in [5, 5.41) is 2.72. The van der Waals surface area contributed by atoms with Crippen LogP contribution in [0.3, 0.4) is 0 Å². The van der Waals surface area contributed by atoms with Gasteiger partial charge in [0.15, 0.2) is 0 Å². The molecule has 0 saturated heterocycles. The van der Waals surface area contributed by atoms with E-state index in [0.717, 1.165) is 4.90 Å². The van der Waals surface area contributed by atoms with Gasteiger partial charge in [-0.05, 0) is 55.5 Å². The number of imide groups is 1. The van der Waals surface area contributed by atoms with E-state index in [1.165, 1.54) is 12.1 Å². The molecule has 154 valence electrons. The number of hydrogen-bond donors (Lipinski definition) is 1. The summed E-state index contributed by atoms with van der Waals surface area (Å²) in [6.45, 7) is 1.96. The van der Waals surface area contributed by atoms with E-state index in [-0.39, 0.29) is 12.2 Å². The number of benzene rings is 3. The SMILES string of the molecule is CCOC(=O)c1cccc(NC(=O)c2cccc(N3C(=O)c4ccccc4C3=O)c2)c1. The second kappa shape index (κ2) is 8.23. The lowest BCUT2D eigenvalue weighted by atomic mass is 10.1. The molecular formula is C24H18N2O5. The number of carbonyl (C=O) groups is 4. The maximum atomic E-state index is 12.8. The molecule has 4 rings (SSSR count). The quantitative estimate of drug-likeness (QED) is 0.505. The van der Waals surface area contributed by atoms with Gasteiger partial charge in [0.2, 0.25) is 0 Å². The van der Waals surface area contributed by atoms with E-state index in [0.29, 0.717) is 28.1 Å². The van der Waals surface area contributed by atoms with Crippen LogP contribution in [0, 0.1) is 0 Å². The maximum Gasteiger partial charge on any atom is 0.338 e. The van der Waals surface area contributed by atoms with Crippen LogP contribution in [0.15, 0.2) is 72.8 Å². The van der Waals surface area contributed by atoms with Crippen LogP contribution in [0.1, 0.15) is 48.4 Å². The molecular weight excluding hydrogens is 396 g/mol. The van der Waals surface area contributed by atoms with Gasteiger partial charge >= 0.3 is 5.97 Å². The van der Waals surface area contributed by atoms with Gasteiger partial charge in [-0.25, -0.2) is 9.69 Å². The molecule has 1 aliphatic rings. The lowest BCUT2D eigenvalue weighted by molar-refractivity contribution is 0.0526. The van der Waals surface area contributed by atoms with Gasteiger partial charge in [-0.15, -0.1) is 0 Å². The Morgan fingerprint density at radius 3 is 2.16 bits per heavy atom. The van der Waals surface area contributed by atoms with Gasteiger partial charge in [0.05, 0.1) is 29.0 Å². The highest BCUT2D eigenvalue weighted by Crippen LogP contribution is 2.29. The van der Waals surface area contributed by atoms with Gasteiger partial charge in [-0.1, -0.05) is 24.3 Å². The summed E-state index contributed by atoms with van der Waals surface area (Å²) in [7, 11) is 0. The Labute approximate surface area is 178 Å². The third kappa shape index (κ3) is 3.81. The van der Waals surface area contributed by atoms with E-state index in [2.05, 4.69) is 5.32 Å². The smallest absolute Gasteiger partial charge is 0.338 e. The van der Waals surface area contributed by atoms with Crippen molar-refractivity contribution in [2.45, 2.75) is 6.92 Å². The zero-order valence-corrected chi connectivity index (χ0v) is 16.6. The summed E-state index contributed by atoms with van der Waals surface area (Å²) in [4.78, 5) is 51.1. The normalized spacial score (nSPS) is 12.5. The minimum atomic E-state index is -0.480. The Bertz CT molecular complexity index is 1180. The minimum absolute atomic E-state index is 0.250. The van der Waals surface area contributed by atoms with E-state index in [4.69, 9.17) is 4.74 Å². The van der Waals surface area contributed by atoms with Gasteiger partial charge in [0, 0.05) is 11.3 Å². The molecule has 0 spiro atoms. The van der Waals surface area contributed by atoms with Crippen LogP contribution in [-0.2, 0) is 4.74 Å². The first kappa shape index (κ1) is 20.0. The molecule has 0 unspecified atom stereocenters. The maximum absolute atomic E-state index is 12.8. The number of nitrogens with one attached hydrogen (secondary N) is 1. The van der Waals surface area contributed by atoms with Crippen LogP contribution >= 0.6 is 0 Å². The lowest BCUT2D eigenvalue weighted by Crippen LogP contribution is -2.29. The highest BCUT2D eigenvalue weighted by molar-refractivity contribution is 6.34. The van der Waals surface area contributed by atoms with Crippen LogP contribution in [0.25, 0.3) is 0 Å². The summed E-state index contributed by atoms with van der Waals surface area (Å²) in [5.74, 6) is -1.79. The Kier molecular flexibility index (Phi) is 5.32. The van der Waals surface area contributed by atoms with Crippen molar-refractivity contribution >= 4 is 35.1 Å². The van der Waals surface area contributed by atoms with Gasteiger partial charge in [0.25, 0.3) is 17.7 Å². The van der Waals surface area contributed by atoms with Crippen LogP contribution in [0.2, 0.25) is 0 Å². The third-order valence-corrected chi connectivity index (χ3v) is 4.79. The van der Waals surface area contributed by atoms with Gasteiger partial charge in [-0.3, -0.25) is 14.4 Å². The molecule has 3 amide bonds. The molecule has 31 heavy (non-hydrogen) atoms. The first-order valence-electron chi connectivity index (χ1n) is 9.66. The van der Waals surface area contributed by atoms with Crippen molar-refractivity contribution in [2.75, 3.05) is 16.8 Å². The number of nitrogens with zero attached hydrogens (tertiary/aromatic N) is 1. The molecule has 0 fully saturated rings. The number of carbonyl (C=O) groups excluding carboxylic acids is 4. The average Bonchev–Trinajstić information content (AvgIpc) is 3.04. The monoisotopic (exact) mass is 414 g/mol. The molecule has 0 aromatic heterocycles. The molecule has 0 saturated carbocycles. The fourth-order valence-corrected chi connectivity index (χ4v) is 3.35. The van der Waals surface area contributed by atoms with Crippen LogP contribution in [0.5, 0.6) is 0 Å². The Morgan fingerprint density at radius 2 is 1.48 bits per heavy atom. The van der Waals surface area contributed by atoms with Crippen molar-refractivity contribution < 1.29 is 23.9 Å². The second-order valence-corrected chi connectivity index (χ2v) is 6.80. The Morgan fingerprint density at radius 1 is 0.839 bits per heavy atom. The number of rotatable bonds is 5. The molecule has 3 aromatic carbocycles. The van der Waals surface area contributed by atoms with Gasteiger partial charge in [-0.2, -0.15) is 0 Å². The predicted molar refractivity (Wildman–Crippen MR) is 114 cm³/mol. The first-order chi connectivity index (χ1) is 15.0. The fourth-order valence-electron chi connectivity index (χ4n) is 3.35. The number of hydrogen-bond acceptors (Lipinski definition) is 5. The molecule has 0 atom stereocenters. The first-order valence-corrected chi connectivity index (χ1v) is 9.66. The second-order valence-electron chi connectivity index (χ2n) is 6.80. The van der Waals surface area contributed by atoms with Crippen molar-refractivity contribution in [3.63, 3.8) is 0 Å². The Hall–Kier alpha value is -4.26. The minimum Gasteiger partial charge on any atom is -0.462 e. The van der Waals surface area contributed by atoms with Crippen LogP contribution < -0.4 is 10.2 Å². The van der Waals surface area contributed by atoms with E-state index in [9.17, 15) is 19.2 Å². The van der Waals surface area contributed by atoms with Crippen LogP contribution in [0.4, 0.5) is 11.4 Å².